The summed E-state index contributed by atoms with van der Waals surface area (Å²) in [7, 11) is 0. The number of rotatable bonds is 57. The van der Waals surface area contributed by atoms with E-state index < -0.39 is 12.1 Å². The summed E-state index contributed by atoms with van der Waals surface area (Å²) in [6.07, 6.45) is 73.4. The number of aliphatic hydroxyl groups excluding tert-OH is 2. The molecule has 0 rings (SSSR count). The summed E-state index contributed by atoms with van der Waals surface area (Å²) in [4.78, 5) is 24.5. The molecule has 0 heterocycles. The van der Waals surface area contributed by atoms with Crippen molar-refractivity contribution in [2.45, 2.75) is 341 Å². The third kappa shape index (κ3) is 55.2. The number of carbonyl (C=O) groups excluding carboxylic acids is 2. The molecule has 0 radical (unpaired) electrons. The SMILES string of the molecule is CCCCCCCCCC/C=C/C(O)C(CO)NC(=O)CCCCCCCCCCC/C=C\C/C=C\CCCCCCCCCCCOC(=O)CCCCCCCCCCCCCCCCCCC. The van der Waals surface area contributed by atoms with Gasteiger partial charge in [-0.3, -0.25) is 9.59 Å². The lowest BCUT2D eigenvalue weighted by Crippen LogP contribution is -2.45. The van der Waals surface area contributed by atoms with Crippen LogP contribution in [0.25, 0.3) is 0 Å². The average molecular weight is 971 g/mol. The van der Waals surface area contributed by atoms with E-state index in [9.17, 15) is 19.8 Å². The van der Waals surface area contributed by atoms with Crippen molar-refractivity contribution in [3.05, 3.63) is 36.5 Å². The zero-order chi connectivity index (χ0) is 50.0. The third-order valence-electron chi connectivity index (χ3n) is 14.2. The second-order valence-electron chi connectivity index (χ2n) is 21.0. The van der Waals surface area contributed by atoms with E-state index in [0.29, 0.717) is 19.4 Å². The van der Waals surface area contributed by atoms with Crippen LogP contribution in [0.3, 0.4) is 0 Å². The van der Waals surface area contributed by atoms with E-state index in [1.807, 2.05) is 6.08 Å². The molecule has 0 spiro atoms. The minimum Gasteiger partial charge on any atom is -0.466 e. The van der Waals surface area contributed by atoms with Crippen molar-refractivity contribution in [1.29, 1.82) is 0 Å². The Balaban J connectivity index is 3.41. The zero-order valence-corrected chi connectivity index (χ0v) is 46.3. The Morgan fingerprint density at radius 1 is 0.406 bits per heavy atom. The van der Waals surface area contributed by atoms with Crippen LogP contribution in [0.2, 0.25) is 0 Å². The van der Waals surface area contributed by atoms with Crippen molar-refractivity contribution in [2.75, 3.05) is 13.2 Å². The normalized spacial score (nSPS) is 12.8. The van der Waals surface area contributed by atoms with Gasteiger partial charge in [-0.1, -0.05) is 288 Å². The smallest absolute Gasteiger partial charge is 0.305 e. The highest BCUT2D eigenvalue weighted by Gasteiger charge is 2.18. The molecule has 0 aliphatic carbocycles. The summed E-state index contributed by atoms with van der Waals surface area (Å²) in [6.45, 7) is 4.89. The first kappa shape index (κ1) is 67.1. The van der Waals surface area contributed by atoms with Gasteiger partial charge in [-0.25, -0.2) is 0 Å². The summed E-state index contributed by atoms with van der Waals surface area (Å²) in [6, 6.07) is -0.631. The second kappa shape index (κ2) is 58.6. The van der Waals surface area contributed by atoms with Gasteiger partial charge in [0.1, 0.15) is 0 Å². The van der Waals surface area contributed by atoms with Crippen LogP contribution in [0.1, 0.15) is 328 Å². The van der Waals surface area contributed by atoms with E-state index in [1.54, 1.807) is 6.08 Å². The average Bonchev–Trinajstić information content (AvgIpc) is 3.35. The molecule has 6 nitrogen and oxygen atoms in total. The van der Waals surface area contributed by atoms with Gasteiger partial charge in [-0.05, 0) is 64.2 Å². The number of aliphatic hydroxyl groups is 2. The predicted octanol–water partition coefficient (Wildman–Crippen LogP) is 19.2. The lowest BCUT2D eigenvalue weighted by atomic mass is 10.0. The molecule has 3 N–H and O–H groups in total. The monoisotopic (exact) mass is 970 g/mol. The number of esters is 1. The van der Waals surface area contributed by atoms with Crippen molar-refractivity contribution >= 4 is 11.9 Å². The van der Waals surface area contributed by atoms with Gasteiger partial charge in [0.25, 0.3) is 0 Å². The fraction of sp³-hybridized carbons (Fsp3) is 0.873. The molecule has 0 saturated heterocycles. The Morgan fingerprint density at radius 3 is 1.10 bits per heavy atom. The number of unbranched alkanes of at least 4 members (excludes halogenated alkanes) is 42. The highest BCUT2D eigenvalue weighted by Crippen LogP contribution is 2.17. The van der Waals surface area contributed by atoms with Crippen LogP contribution >= 0.6 is 0 Å². The summed E-state index contributed by atoms with van der Waals surface area (Å²) in [5, 5.41) is 23.0. The van der Waals surface area contributed by atoms with E-state index >= 15 is 0 Å². The lowest BCUT2D eigenvalue weighted by molar-refractivity contribution is -0.143. The van der Waals surface area contributed by atoms with Gasteiger partial charge < -0.3 is 20.3 Å². The molecule has 0 aliphatic heterocycles. The Bertz CT molecular complexity index is 1120. The number of hydrogen-bond donors (Lipinski definition) is 3. The summed E-state index contributed by atoms with van der Waals surface area (Å²) >= 11 is 0. The Labute approximate surface area is 430 Å². The fourth-order valence-corrected chi connectivity index (χ4v) is 9.43. The fourth-order valence-electron chi connectivity index (χ4n) is 9.43. The molecule has 406 valence electrons. The highest BCUT2D eigenvalue weighted by molar-refractivity contribution is 5.76. The van der Waals surface area contributed by atoms with E-state index in [-0.39, 0.29) is 18.5 Å². The van der Waals surface area contributed by atoms with Crippen LogP contribution in [0.4, 0.5) is 0 Å². The minimum absolute atomic E-state index is 0.0123. The first-order valence-electron chi connectivity index (χ1n) is 30.8. The van der Waals surface area contributed by atoms with Crippen LogP contribution in [-0.2, 0) is 14.3 Å². The Morgan fingerprint density at radius 2 is 0.725 bits per heavy atom. The predicted molar refractivity (Wildman–Crippen MR) is 301 cm³/mol. The number of allylic oxidation sites excluding steroid dienone is 5. The van der Waals surface area contributed by atoms with Crippen LogP contribution in [-0.4, -0.2) is 47.4 Å². The first-order valence-corrected chi connectivity index (χ1v) is 30.8. The largest absolute Gasteiger partial charge is 0.466 e. The van der Waals surface area contributed by atoms with Gasteiger partial charge in [0, 0.05) is 12.8 Å². The number of hydrogen-bond acceptors (Lipinski definition) is 5. The second-order valence-corrected chi connectivity index (χ2v) is 21.0. The molecule has 0 aromatic carbocycles. The Kier molecular flexibility index (Phi) is 57.0. The van der Waals surface area contributed by atoms with E-state index in [0.717, 1.165) is 44.9 Å². The summed E-state index contributed by atoms with van der Waals surface area (Å²) < 4.78 is 5.49. The van der Waals surface area contributed by atoms with Crippen LogP contribution in [0.5, 0.6) is 0 Å². The van der Waals surface area contributed by atoms with Crippen LogP contribution < -0.4 is 5.32 Å². The minimum atomic E-state index is -0.847. The van der Waals surface area contributed by atoms with E-state index in [1.165, 1.54) is 257 Å². The van der Waals surface area contributed by atoms with E-state index in [2.05, 4.69) is 43.5 Å². The van der Waals surface area contributed by atoms with Gasteiger partial charge >= 0.3 is 5.97 Å². The summed E-state index contributed by atoms with van der Waals surface area (Å²) in [5.41, 5.74) is 0. The standard InChI is InChI=1S/C63H119NO5/c1-3-5-7-9-11-13-15-16-17-27-31-34-37-41-45-49-53-57-63(68)69-58-54-50-46-42-38-35-32-29-26-24-22-20-18-19-21-23-25-28-30-33-36-40-44-48-52-56-62(67)64-60(59-65)61(66)55-51-47-43-39-14-12-10-8-6-4-2/h19-22,51,55,60-61,65-66H,3-18,23-50,52-54,56-59H2,1-2H3,(H,64,67)/b21-19-,22-20-,55-51+. The third-order valence-corrected chi connectivity index (χ3v) is 14.2. The molecule has 0 aliphatic rings. The molecule has 0 aromatic heterocycles. The maximum atomic E-state index is 12.4. The zero-order valence-electron chi connectivity index (χ0n) is 46.3. The molecule has 2 unspecified atom stereocenters. The molecule has 69 heavy (non-hydrogen) atoms. The topological polar surface area (TPSA) is 95.9 Å². The highest BCUT2D eigenvalue weighted by atomic mass is 16.5. The Hall–Kier alpha value is -1.92. The van der Waals surface area contributed by atoms with Gasteiger partial charge in [0.2, 0.25) is 5.91 Å². The lowest BCUT2D eigenvalue weighted by Gasteiger charge is -2.20. The van der Waals surface area contributed by atoms with Gasteiger partial charge in [-0.15, -0.1) is 0 Å². The number of amides is 1. The maximum absolute atomic E-state index is 12.4. The molecule has 0 aromatic rings. The van der Waals surface area contributed by atoms with Crippen molar-refractivity contribution in [1.82, 2.24) is 5.32 Å². The van der Waals surface area contributed by atoms with Gasteiger partial charge in [0.15, 0.2) is 0 Å². The molecular weight excluding hydrogens is 851 g/mol. The van der Waals surface area contributed by atoms with Crippen molar-refractivity contribution < 1.29 is 24.5 Å². The molecule has 0 saturated carbocycles. The number of nitrogens with one attached hydrogen (secondary N) is 1. The van der Waals surface area contributed by atoms with Crippen LogP contribution in [0, 0.1) is 0 Å². The molecule has 6 heteroatoms. The van der Waals surface area contributed by atoms with Crippen LogP contribution in [0.15, 0.2) is 36.5 Å². The van der Waals surface area contributed by atoms with Crippen molar-refractivity contribution in [3.8, 4) is 0 Å². The van der Waals surface area contributed by atoms with E-state index in [4.69, 9.17) is 4.74 Å². The first-order chi connectivity index (χ1) is 34.0. The maximum Gasteiger partial charge on any atom is 0.305 e. The van der Waals surface area contributed by atoms with Crippen molar-refractivity contribution in [2.24, 2.45) is 0 Å². The summed E-state index contributed by atoms with van der Waals surface area (Å²) in [5.74, 6) is -0.0635. The van der Waals surface area contributed by atoms with Crippen molar-refractivity contribution in [3.63, 3.8) is 0 Å². The molecule has 0 bridgehead atoms. The number of ether oxygens (including phenoxy) is 1. The molecule has 2 atom stereocenters. The quantitative estimate of drug-likeness (QED) is 0.0321. The number of carbonyl (C=O) groups is 2. The molecule has 1 amide bonds. The molecular formula is C63H119NO5. The van der Waals surface area contributed by atoms with Gasteiger partial charge in [-0.2, -0.15) is 0 Å². The van der Waals surface area contributed by atoms with Gasteiger partial charge in [0.05, 0.1) is 25.4 Å². The molecule has 0 fully saturated rings.